The summed E-state index contributed by atoms with van der Waals surface area (Å²) in [6, 6.07) is 10.9. The lowest BCUT2D eigenvalue weighted by atomic mass is 10.1. The fraction of sp³-hybridized carbons (Fsp3) is 0.316. The monoisotopic (exact) mass is 368 g/mol. The molecule has 26 heavy (non-hydrogen) atoms. The number of fused-ring (bicyclic) bond motifs is 1. The minimum atomic E-state index is -0.116. The molecule has 0 aliphatic carbocycles. The number of rotatable bonds is 6. The molecule has 2 aromatic heterocycles. The molecule has 1 atom stereocenters. The molecule has 6 nitrogen and oxygen atoms in total. The topological polar surface area (TPSA) is 79.4 Å². The lowest BCUT2D eigenvalue weighted by Gasteiger charge is -2.18. The fourth-order valence-corrected chi connectivity index (χ4v) is 3.88. The molecule has 0 aliphatic rings. The van der Waals surface area contributed by atoms with E-state index in [4.69, 9.17) is 15.0 Å². The maximum Gasteiger partial charge on any atom is 0.259 e. The van der Waals surface area contributed by atoms with Gasteiger partial charge in [-0.05, 0) is 31.5 Å². The number of nitrogens with zero attached hydrogens (tertiary/aromatic N) is 3. The molecule has 0 spiro atoms. The third-order valence-electron chi connectivity index (χ3n) is 4.21. The minimum absolute atomic E-state index is 0.104. The number of aryl methyl sites for hydroxylation is 1. The van der Waals surface area contributed by atoms with E-state index in [-0.39, 0.29) is 11.6 Å². The number of thiazole rings is 1. The molecule has 1 N–H and O–H groups in total. The zero-order valence-electron chi connectivity index (χ0n) is 14.9. The van der Waals surface area contributed by atoms with Crippen LogP contribution in [-0.4, -0.2) is 16.5 Å². The lowest BCUT2D eigenvalue weighted by Crippen LogP contribution is -2.20. The van der Waals surface area contributed by atoms with Gasteiger partial charge in [0.25, 0.3) is 5.56 Å². The van der Waals surface area contributed by atoms with E-state index < -0.39 is 0 Å². The van der Waals surface area contributed by atoms with E-state index in [1.165, 1.54) is 11.3 Å². The van der Waals surface area contributed by atoms with Crippen molar-refractivity contribution in [2.24, 2.45) is 0 Å². The van der Waals surface area contributed by atoms with Crippen LogP contribution in [0.25, 0.3) is 4.96 Å². The van der Waals surface area contributed by atoms with Crippen molar-refractivity contribution >= 4 is 22.0 Å². The van der Waals surface area contributed by atoms with E-state index in [0.29, 0.717) is 22.8 Å². The highest BCUT2D eigenvalue weighted by Crippen LogP contribution is 2.25. The van der Waals surface area contributed by atoms with Crippen LogP contribution < -0.4 is 10.9 Å². The average molecular weight is 368 g/mol. The Morgan fingerprint density at radius 3 is 2.92 bits per heavy atom. The largest absolute Gasteiger partial charge is 0.378 e. The molecular formula is C19H20N4O2S. The van der Waals surface area contributed by atoms with Crippen molar-refractivity contribution in [2.75, 3.05) is 12.4 Å². The molecule has 0 aliphatic heterocycles. The Hall–Kier alpha value is -2.69. The molecule has 0 fully saturated rings. The molecule has 1 aromatic carbocycles. The number of ether oxygens (including phenoxy) is 1. The van der Waals surface area contributed by atoms with Crippen LogP contribution in [0.3, 0.4) is 0 Å². The Kier molecular flexibility index (Phi) is 5.35. The van der Waals surface area contributed by atoms with Crippen LogP contribution in [-0.2, 0) is 11.3 Å². The highest BCUT2D eigenvalue weighted by Gasteiger charge is 2.17. The highest BCUT2D eigenvalue weighted by molar-refractivity contribution is 7.17. The second-order valence-corrected chi connectivity index (χ2v) is 7.15. The molecule has 0 amide bonds. The Balaban J connectivity index is 2.00. The average Bonchev–Trinajstić information content (AvgIpc) is 2.96. The van der Waals surface area contributed by atoms with Crippen LogP contribution >= 0.6 is 11.3 Å². The van der Waals surface area contributed by atoms with Crippen molar-refractivity contribution in [3.8, 4) is 6.07 Å². The molecule has 0 saturated heterocycles. The van der Waals surface area contributed by atoms with Gasteiger partial charge in [0.2, 0.25) is 0 Å². The van der Waals surface area contributed by atoms with E-state index in [2.05, 4.69) is 11.4 Å². The summed E-state index contributed by atoms with van der Waals surface area (Å²) in [6.07, 6.45) is 0.759. The molecule has 0 radical (unpaired) electrons. The van der Waals surface area contributed by atoms with Gasteiger partial charge >= 0.3 is 0 Å². The van der Waals surface area contributed by atoms with Gasteiger partial charge in [-0.3, -0.25) is 9.20 Å². The van der Waals surface area contributed by atoms with Gasteiger partial charge in [-0.1, -0.05) is 13.0 Å². The van der Waals surface area contributed by atoms with Gasteiger partial charge in [-0.15, -0.1) is 11.3 Å². The van der Waals surface area contributed by atoms with Gasteiger partial charge < -0.3 is 10.1 Å². The first-order valence-corrected chi connectivity index (χ1v) is 9.16. The second kappa shape index (κ2) is 7.68. The van der Waals surface area contributed by atoms with E-state index in [1.807, 2.05) is 26.0 Å². The standard InChI is InChI=1S/C19H20N4O2S/c1-4-15(21-14-7-5-6-13(8-14)10-20)16-9-18(24)23-17(11-25-3)12(2)26-19(23)22-16/h5-9,15,21H,4,11H2,1-3H3. The van der Waals surface area contributed by atoms with E-state index in [9.17, 15) is 4.79 Å². The van der Waals surface area contributed by atoms with Crippen LogP contribution in [0.5, 0.6) is 0 Å². The first-order chi connectivity index (χ1) is 12.6. The smallest absolute Gasteiger partial charge is 0.259 e. The van der Waals surface area contributed by atoms with E-state index in [1.54, 1.807) is 29.7 Å². The van der Waals surface area contributed by atoms with Crippen molar-refractivity contribution < 1.29 is 4.74 Å². The maximum atomic E-state index is 12.7. The summed E-state index contributed by atoms with van der Waals surface area (Å²) < 4.78 is 6.83. The van der Waals surface area contributed by atoms with E-state index in [0.717, 1.165) is 22.7 Å². The van der Waals surface area contributed by atoms with Gasteiger partial charge in [0, 0.05) is 23.7 Å². The predicted molar refractivity (Wildman–Crippen MR) is 103 cm³/mol. The normalized spacial score (nSPS) is 12.1. The van der Waals surface area contributed by atoms with Crippen molar-refractivity contribution in [3.05, 3.63) is 62.5 Å². The number of methoxy groups -OCH3 is 1. The quantitative estimate of drug-likeness (QED) is 0.718. The summed E-state index contributed by atoms with van der Waals surface area (Å²) in [4.78, 5) is 19.1. The Bertz CT molecular complexity index is 1030. The number of aromatic nitrogens is 2. The minimum Gasteiger partial charge on any atom is -0.378 e. The summed E-state index contributed by atoms with van der Waals surface area (Å²) in [7, 11) is 1.61. The van der Waals surface area contributed by atoms with Crippen molar-refractivity contribution in [1.29, 1.82) is 5.26 Å². The van der Waals surface area contributed by atoms with E-state index >= 15 is 0 Å². The fourth-order valence-electron chi connectivity index (χ4n) is 2.89. The van der Waals surface area contributed by atoms with Crippen LogP contribution in [0, 0.1) is 18.3 Å². The third-order valence-corrected chi connectivity index (χ3v) is 5.21. The van der Waals surface area contributed by atoms with Crippen molar-refractivity contribution in [2.45, 2.75) is 32.9 Å². The van der Waals surface area contributed by atoms with Gasteiger partial charge in [-0.25, -0.2) is 4.98 Å². The summed E-state index contributed by atoms with van der Waals surface area (Å²) in [5.74, 6) is 0. The van der Waals surface area contributed by atoms with Gasteiger partial charge in [0.15, 0.2) is 4.96 Å². The molecule has 0 saturated carbocycles. The lowest BCUT2D eigenvalue weighted by molar-refractivity contribution is 0.180. The van der Waals surface area contributed by atoms with Crippen LogP contribution in [0.2, 0.25) is 0 Å². The molecule has 2 heterocycles. The van der Waals surface area contributed by atoms with Crippen molar-refractivity contribution in [3.63, 3.8) is 0 Å². The Morgan fingerprint density at radius 1 is 1.42 bits per heavy atom. The Labute approximate surface area is 155 Å². The van der Waals surface area contributed by atoms with Gasteiger partial charge in [0.05, 0.1) is 35.7 Å². The van der Waals surface area contributed by atoms with Crippen molar-refractivity contribution in [1.82, 2.24) is 9.38 Å². The van der Waals surface area contributed by atoms with Crippen LogP contribution in [0.4, 0.5) is 5.69 Å². The molecule has 3 aromatic rings. The predicted octanol–water partition coefficient (Wildman–Crippen LogP) is 3.65. The molecular weight excluding hydrogens is 348 g/mol. The number of hydrogen-bond acceptors (Lipinski definition) is 6. The zero-order chi connectivity index (χ0) is 18.7. The molecule has 3 rings (SSSR count). The number of benzene rings is 1. The highest BCUT2D eigenvalue weighted by atomic mass is 32.1. The molecule has 1 unspecified atom stereocenters. The SMILES string of the molecule is CCC(Nc1cccc(C#N)c1)c1cc(=O)n2c(COC)c(C)sc2n1. The second-order valence-electron chi connectivity index (χ2n) is 5.97. The Morgan fingerprint density at radius 2 is 2.23 bits per heavy atom. The van der Waals surface area contributed by atoms with Crippen LogP contribution in [0.1, 0.15) is 41.2 Å². The number of anilines is 1. The van der Waals surface area contributed by atoms with Gasteiger partial charge in [-0.2, -0.15) is 5.26 Å². The molecule has 0 bridgehead atoms. The van der Waals surface area contributed by atoms with Crippen LogP contribution in [0.15, 0.2) is 35.1 Å². The maximum absolute atomic E-state index is 12.7. The number of nitriles is 1. The third kappa shape index (κ3) is 3.47. The first-order valence-electron chi connectivity index (χ1n) is 8.35. The molecule has 7 heteroatoms. The number of hydrogen-bond donors (Lipinski definition) is 1. The zero-order valence-corrected chi connectivity index (χ0v) is 15.8. The molecule has 134 valence electrons. The summed E-state index contributed by atoms with van der Waals surface area (Å²) in [5, 5.41) is 12.4. The summed E-state index contributed by atoms with van der Waals surface area (Å²) in [5.41, 5.74) is 2.86. The summed E-state index contributed by atoms with van der Waals surface area (Å²) in [6.45, 7) is 4.38. The van der Waals surface area contributed by atoms with Gasteiger partial charge in [0.1, 0.15) is 0 Å². The summed E-state index contributed by atoms with van der Waals surface area (Å²) >= 11 is 1.49. The first kappa shape index (κ1) is 18.1. The number of nitrogens with one attached hydrogen (secondary N) is 1.